The number of aromatic amines is 1. The quantitative estimate of drug-likeness (QED) is 0.826. The molecule has 0 fully saturated rings. The minimum Gasteiger partial charge on any atom is -0.364 e. The molecular formula is C11H16ClN5O. The number of nitrogens with zero attached hydrogens (tertiary/aromatic N) is 3. The van der Waals surface area contributed by atoms with Crippen molar-refractivity contribution < 1.29 is 0 Å². The predicted molar refractivity (Wildman–Crippen MR) is 71.4 cm³/mol. The average molecular weight is 270 g/mol. The lowest BCUT2D eigenvalue weighted by Crippen LogP contribution is -2.36. The van der Waals surface area contributed by atoms with Crippen molar-refractivity contribution in [3.05, 3.63) is 22.4 Å². The summed E-state index contributed by atoms with van der Waals surface area (Å²) in [6, 6.07) is 1.73. The van der Waals surface area contributed by atoms with Crippen molar-refractivity contribution in [2.45, 2.75) is 32.7 Å². The third-order valence-corrected chi connectivity index (χ3v) is 3.66. The maximum atomic E-state index is 11.5. The molecule has 0 aromatic carbocycles. The Kier molecular flexibility index (Phi) is 3.30. The minimum absolute atomic E-state index is 0.226. The average Bonchev–Trinajstić information content (AvgIpc) is 2.71. The van der Waals surface area contributed by atoms with Gasteiger partial charge in [0, 0.05) is 17.5 Å². The van der Waals surface area contributed by atoms with Gasteiger partial charge in [-0.25, -0.2) is 19.3 Å². The standard InChI is InChI=1S/C11H16ClN5O/c1-4-11(3,6-12)14-8-5-9-15-16-10(18)17(9)7(2)13-8/h5,14H,4,6H2,1-3H3,(H,16,18). The van der Waals surface area contributed by atoms with Gasteiger partial charge in [-0.1, -0.05) is 6.92 Å². The zero-order valence-corrected chi connectivity index (χ0v) is 11.4. The Bertz CT molecular complexity index is 613. The van der Waals surface area contributed by atoms with Gasteiger partial charge in [-0.2, -0.15) is 5.10 Å². The Morgan fingerprint density at radius 3 is 2.94 bits per heavy atom. The number of rotatable bonds is 4. The van der Waals surface area contributed by atoms with Crippen LogP contribution in [0.4, 0.5) is 5.82 Å². The first-order chi connectivity index (χ1) is 8.49. The third kappa shape index (κ3) is 2.20. The lowest BCUT2D eigenvalue weighted by atomic mass is 10.0. The number of nitrogens with one attached hydrogen (secondary N) is 2. The van der Waals surface area contributed by atoms with Gasteiger partial charge >= 0.3 is 5.69 Å². The molecule has 0 spiro atoms. The van der Waals surface area contributed by atoms with Crippen molar-refractivity contribution in [1.29, 1.82) is 0 Å². The summed E-state index contributed by atoms with van der Waals surface area (Å²) in [5.41, 5.74) is 0.0378. The SMILES string of the molecule is CCC(C)(CCl)Nc1cc2n[nH]c(=O)n2c(C)n1. The van der Waals surface area contributed by atoms with Crippen LogP contribution in [-0.2, 0) is 0 Å². The van der Waals surface area contributed by atoms with E-state index < -0.39 is 0 Å². The molecule has 2 aromatic rings. The van der Waals surface area contributed by atoms with Gasteiger partial charge in [-0.3, -0.25) is 0 Å². The van der Waals surface area contributed by atoms with Crippen molar-refractivity contribution >= 4 is 23.1 Å². The van der Waals surface area contributed by atoms with E-state index in [9.17, 15) is 4.79 Å². The molecule has 98 valence electrons. The number of hydrogen-bond donors (Lipinski definition) is 2. The highest BCUT2D eigenvalue weighted by molar-refractivity contribution is 6.18. The van der Waals surface area contributed by atoms with Crippen molar-refractivity contribution in [3.8, 4) is 0 Å². The number of halogens is 1. The highest BCUT2D eigenvalue weighted by Crippen LogP contribution is 2.19. The monoisotopic (exact) mass is 269 g/mol. The van der Waals surface area contributed by atoms with E-state index in [1.807, 2.05) is 6.92 Å². The molecule has 2 N–H and O–H groups in total. The molecule has 2 aromatic heterocycles. The summed E-state index contributed by atoms with van der Waals surface area (Å²) in [5.74, 6) is 1.73. The summed E-state index contributed by atoms with van der Waals surface area (Å²) < 4.78 is 1.43. The summed E-state index contributed by atoms with van der Waals surface area (Å²) in [5, 5.41) is 9.62. The molecule has 0 aliphatic carbocycles. The smallest absolute Gasteiger partial charge is 0.349 e. The van der Waals surface area contributed by atoms with Crippen molar-refractivity contribution in [3.63, 3.8) is 0 Å². The molecule has 0 saturated heterocycles. The number of alkyl halides is 1. The Hall–Kier alpha value is -1.56. The molecule has 0 bridgehead atoms. The largest absolute Gasteiger partial charge is 0.364 e. The Morgan fingerprint density at radius 1 is 1.61 bits per heavy atom. The minimum atomic E-state index is -0.280. The number of H-pyrrole nitrogens is 1. The van der Waals surface area contributed by atoms with E-state index in [2.05, 4.69) is 27.4 Å². The van der Waals surface area contributed by atoms with E-state index in [1.165, 1.54) is 4.40 Å². The second kappa shape index (κ2) is 4.61. The maximum absolute atomic E-state index is 11.5. The van der Waals surface area contributed by atoms with Gasteiger partial charge in [0.15, 0.2) is 5.65 Å². The molecule has 0 amide bonds. The van der Waals surface area contributed by atoms with E-state index in [0.29, 0.717) is 23.2 Å². The summed E-state index contributed by atoms with van der Waals surface area (Å²) in [4.78, 5) is 15.8. The number of aryl methyl sites for hydroxylation is 1. The lowest BCUT2D eigenvalue weighted by Gasteiger charge is -2.27. The first-order valence-electron chi connectivity index (χ1n) is 5.78. The molecule has 0 aliphatic heterocycles. The molecule has 2 rings (SSSR count). The topological polar surface area (TPSA) is 75.1 Å². The van der Waals surface area contributed by atoms with Crippen LogP contribution in [0.5, 0.6) is 0 Å². The van der Waals surface area contributed by atoms with Crippen molar-refractivity contribution in [1.82, 2.24) is 19.6 Å². The third-order valence-electron chi connectivity index (χ3n) is 3.08. The Balaban J connectivity index is 2.44. The van der Waals surface area contributed by atoms with Gasteiger partial charge in [0.2, 0.25) is 0 Å². The first-order valence-corrected chi connectivity index (χ1v) is 6.31. The molecule has 18 heavy (non-hydrogen) atoms. The normalized spacial score (nSPS) is 14.7. The lowest BCUT2D eigenvalue weighted by molar-refractivity contribution is 0.551. The van der Waals surface area contributed by atoms with Crippen LogP contribution in [0.1, 0.15) is 26.1 Å². The first kappa shape index (κ1) is 12.9. The fraction of sp³-hybridized carbons (Fsp3) is 0.545. The van der Waals surface area contributed by atoms with Crippen LogP contribution in [0.15, 0.2) is 10.9 Å². The van der Waals surface area contributed by atoms with Gasteiger partial charge < -0.3 is 5.32 Å². The number of fused-ring (bicyclic) bond motifs is 1. The molecule has 1 atom stereocenters. The fourth-order valence-corrected chi connectivity index (χ4v) is 1.94. The van der Waals surface area contributed by atoms with Crippen molar-refractivity contribution in [2.24, 2.45) is 0 Å². The second-order valence-electron chi connectivity index (χ2n) is 4.58. The zero-order valence-electron chi connectivity index (χ0n) is 10.6. The summed E-state index contributed by atoms with van der Waals surface area (Å²) in [6.45, 7) is 5.84. The van der Waals surface area contributed by atoms with Gasteiger partial charge in [0.1, 0.15) is 11.6 Å². The molecule has 0 radical (unpaired) electrons. The summed E-state index contributed by atoms with van der Waals surface area (Å²) >= 11 is 5.95. The number of aromatic nitrogens is 4. The highest BCUT2D eigenvalue weighted by Gasteiger charge is 2.21. The van der Waals surface area contributed by atoms with Crippen molar-refractivity contribution in [2.75, 3.05) is 11.2 Å². The van der Waals surface area contributed by atoms with Crippen LogP contribution >= 0.6 is 11.6 Å². The van der Waals surface area contributed by atoms with E-state index in [0.717, 1.165) is 6.42 Å². The van der Waals surface area contributed by atoms with Crippen LogP contribution < -0.4 is 11.0 Å². The van der Waals surface area contributed by atoms with Gasteiger partial charge in [-0.05, 0) is 20.3 Å². The van der Waals surface area contributed by atoms with Crippen LogP contribution in [0.3, 0.4) is 0 Å². The van der Waals surface area contributed by atoms with Gasteiger partial charge in [0.05, 0.1) is 0 Å². The number of hydrogen-bond acceptors (Lipinski definition) is 4. The zero-order chi connectivity index (χ0) is 13.3. The molecule has 1 unspecified atom stereocenters. The predicted octanol–water partition coefficient (Wildman–Crippen LogP) is 1.55. The maximum Gasteiger partial charge on any atom is 0.349 e. The molecule has 6 nitrogen and oxygen atoms in total. The number of anilines is 1. The molecular weight excluding hydrogens is 254 g/mol. The Labute approximate surface area is 109 Å². The fourth-order valence-electron chi connectivity index (χ4n) is 1.69. The molecule has 0 saturated carbocycles. The van der Waals surface area contributed by atoms with E-state index in [1.54, 1.807) is 13.0 Å². The van der Waals surface area contributed by atoms with E-state index in [-0.39, 0.29) is 11.2 Å². The van der Waals surface area contributed by atoms with E-state index >= 15 is 0 Å². The molecule has 0 aliphatic rings. The van der Waals surface area contributed by atoms with Crippen LogP contribution in [0, 0.1) is 6.92 Å². The van der Waals surface area contributed by atoms with Crippen LogP contribution in [0.25, 0.3) is 5.65 Å². The molecule has 2 heterocycles. The van der Waals surface area contributed by atoms with Gasteiger partial charge in [-0.15, -0.1) is 11.6 Å². The summed E-state index contributed by atoms with van der Waals surface area (Å²) in [7, 11) is 0. The van der Waals surface area contributed by atoms with Gasteiger partial charge in [0.25, 0.3) is 0 Å². The summed E-state index contributed by atoms with van der Waals surface area (Å²) in [6.07, 6.45) is 0.871. The van der Waals surface area contributed by atoms with E-state index in [4.69, 9.17) is 11.6 Å². The second-order valence-corrected chi connectivity index (χ2v) is 4.85. The van der Waals surface area contributed by atoms with Crippen LogP contribution in [0.2, 0.25) is 0 Å². The highest BCUT2D eigenvalue weighted by atomic mass is 35.5. The van der Waals surface area contributed by atoms with Crippen LogP contribution in [-0.4, -0.2) is 31.0 Å². The molecule has 7 heteroatoms. The Morgan fingerprint density at radius 2 is 2.33 bits per heavy atom.